The fourth-order valence-electron chi connectivity index (χ4n) is 1.53. The van der Waals surface area contributed by atoms with Crippen molar-refractivity contribution in [2.75, 3.05) is 13.6 Å². The van der Waals surface area contributed by atoms with Crippen molar-refractivity contribution < 1.29 is 9.59 Å². The Balaban J connectivity index is 2.41. The quantitative estimate of drug-likeness (QED) is 0.712. The van der Waals surface area contributed by atoms with Gasteiger partial charge in [-0.25, -0.2) is 0 Å². The summed E-state index contributed by atoms with van der Waals surface area (Å²) >= 11 is 0. The van der Waals surface area contributed by atoms with Gasteiger partial charge in [-0.1, -0.05) is 13.8 Å². The molecule has 4 nitrogen and oxygen atoms in total. The second-order valence-corrected chi connectivity index (χ2v) is 4.20. The molecule has 0 bridgehead atoms. The highest BCUT2D eigenvalue weighted by molar-refractivity contribution is 5.90. The Labute approximate surface area is 84.7 Å². The first-order valence-electron chi connectivity index (χ1n) is 5.05. The lowest BCUT2D eigenvalue weighted by Gasteiger charge is -2.19. The highest BCUT2D eigenvalue weighted by Crippen LogP contribution is 2.16. The van der Waals surface area contributed by atoms with Gasteiger partial charge in [-0.05, 0) is 12.3 Å². The van der Waals surface area contributed by atoms with E-state index in [4.69, 9.17) is 0 Å². The Kier molecular flexibility index (Phi) is 3.49. The van der Waals surface area contributed by atoms with E-state index in [1.807, 2.05) is 13.8 Å². The van der Waals surface area contributed by atoms with Crippen molar-refractivity contribution in [1.29, 1.82) is 0 Å². The van der Waals surface area contributed by atoms with Crippen molar-refractivity contribution in [2.24, 2.45) is 5.92 Å². The molecular weight excluding hydrogens is 180 g/mol. The average molecular weight is 198 g/mol. The summed E-state index contributed by atoms with van der Waals surface area (Å²) in [4.78, 5) is 24.3. The predicted molar refractivity (Wildman–Crippen MR) is 53.6 cm³/mol. The van der Waals surface area contributed by atoms with Gasteiger partial charge < -0.3 is 10.2 Å². The van der Waals surface area contributed by atoms with Crippen LogP contribution in [-0.4, -0.2) is 36.3 Å². The molecule has 1 aliphatic heterocycles. The second kappa shape index (κ2) is 4.44. The van der Waals surface area contributed by atoms with Gasteiger partial charge in [0.2, 0.25) is 11.8 Å². The maximum absolute atomic E-state index is 11.6. The van der Waals surface area contributed by atoms with E-state index < -0.39 is 0 Å². The summed E-state index contributed by atoms with van der Waals surface area (Å²) < 4.78 is 0. The molecule has 1 saturated heterocycles. The van der Waals surface area contributed by atoms with Crippen LogP contribution in [0.5, 0.6) is 0 Å². The monoisotopic (exact) mass is 198 g/mol. The summed E-state index contributed by atoms with van der Waals surface area (Å²) in [6, 6.07) is -0.249. The fourth-order valence-corrected chi connectivity index (χ4v) is 1.53. The van der Waals surface area contributed by atoms with Gasteiger partial charge in [-0.15, -0.1) is 0 Å². The molecule has 0 spiro atoms. The lowest BCUT2D eigenvalue weighted by atomic mass is 10.2. The SMILES string of the molecule is CC(C)CNC(=O)C1CCC(=O)N1C. The summed E-state index contributed by atoms with van der Waals surface area (Å²) in [5.41, 5.74) is 0. The maximum Gasteiger partial charge on any atom is 0.242 e. The highest BCUT2D eigenvalue weighted by Gasteiger charge is 2.32. The van der Waals surface area contributed by atoms with Crippen LogP contribution in [0.2, 0.25) is 0 Å². The van der Waals surface area contributed by atoms with Crippen molar-refractivity contribution in [3.05, 3.63) is 0 Å². The first kappa shape index (κ1) is 11.0. The predicted octanol–water partition coefficient (Wildman–Crippen LogP) is 0.379. The number of carbonyl (C=O) groups excluding carboxylic acids is 2. The number of carbonyl (C=O) groups is 2. The van der Waals surface area contributed by atoms with Crippen molar-refractivity contribution in [1.82, 2.24) is 10.2 Å². The molecule has 2 amide bonds. The molecule has 14 heavy (non-hydrogen) atoms. The standard InChI is InChI=1S/C10H18N2O2/c1-7(2)6-11-10(14)8-4-5-9(13)12(8)3/h7-8H,4-6H2,1-3H3,(H,11,14). The molecule has 0 aromatic rings. The molecular formula is C10H18N2O2. The third kappa shape index (κ3) is 2.47. The van der Waals surface area contributed by atoms with Gasteiger partial charge >= 0.3 is 0 Å². The molecule has 0 aliphatic carbocycles. The maximum atomic E-state index is 11.6. The zero-order chi connectivity index (χ0) is 10.7. The van der Waals surface area contributed by atoms with Gasteiger partial charge in [0.05, 0.1) is 0 Å². The highest BCUT2D eigenvalue weighted by atomic mass is 16.2. The minimum Gasteiger partial charge on any atom is -0.354 e. The lowest BCUT2D eigenvalue weighted by Crippen LogP contribution is -2.43. The smallest absolute Gasteiger partial charge is 0.242 e. The fraction of sp³-hybridized carbons (Fsp3) is 0.800. The minimum absolute atomic E-state index is 0.0212. The van der Waals surface area contributed by atoms with Crippen LogP contribution in [-0.2, 0) is 9.59 Å². The third-order valence-corrected chi connectivity index (χ3v) is 2.48. The topological polar surface area (TPSA) is 49.4 Å². The Morgan fingerprint density at radius 1 is 1.64 bits per heavy atom. The second-order valence-electron chi connectivity index (χ2n) is 4.20. The van der Waals surface area contributed by atoms with E-state index in [9.17, 15) is 9.59 Å². The van der Waals surface area contributed by atoms with Crippen molar-refractivity contribution in [2.45, 2.75) is 32.7 Å². The Hall–Kier alpha value is -1.06. The molecule has 1 unspecified atom stereocenters. The van der Waals surface area contributed by atoms with Crippen molar-refractivity contribution in [3.63, 3.8) is 0 Å². The molecule has 0 aromatic heterocycles. The number of likely N-dealkylation sites (tertiary alicyclic amines) is 1. The van der Waals surface area contributed by atoms with E-state index in [0.717, 1.165) is 0 Å². The van der Waals surface area contributed by atoms with Crippen LogP contribution in [0.1, 0.15) is 26.7 Å². The molecule has 1 heterocycles. The van der Waals surface area contributed by atoms with E-state index in [1.54, 1.807) is 7.05 Å². The van der Waals surface area contributed by atoms with Crippen LogP contribution in [0, 0.1) is 5.92 Å². The summed E-state index contributed by atoms with van der Waals surface area (Å²) in [7, 11) is 1.69. The van der Waals surface area contributed by atoms with Crippen LogP contribution < -0.4 is 5.32 Å². The van der Waals surface area contributed by atoms with E-state index >= 15 is 0 Å². The van der Waals surface area contributed by atoms with Crippen LogP contribution in [0.3, 0.4) is 0 Å². The number of likely N-dealkylation sites (N-methyl/N-ethyl adjacent to an activating group) is 1. The average Bonchev–Trinajstić information content (AvgIpc) is 2.44. The first-order valence-corrected chi connectivity index (χ1v) is 5.05. The van der Waals surface area contributed by atoms with Crippen LogP contribution in [0.25, 0.3) is 0 Å². The first-order chi connectivity index (χ1) is 6.52. The Morgan fingerprint density at radius 2 is 2.29 bits per heavy atom. The number of nitrogens with one attached hydrogen (secondary N) is 1. The van der Waals surface area contributed by atoms with Gasteiger partial charge in [0.1, 0.15) is 6.04 Å². The molecule has 0 aromatic carbocycles. The number of rotatable bonds is 3. The van der Waals surface area contributed by atoms with Gasteiger partial charge in [-0.2, -0.15) is 0 Å². The summed E-state index contributed by atoms with van der Waals surface area (Å²) in [6.45, 7) is 4.77. The van der Waals surface area contributed by atoms with E-state index in [2.05, 4.69) is 5.32 Å². The van der Waals surface area contributed by atoms with Crippen molar-refractivity contribution >= 4 is 11.8 Å². The van der Waals surface area contributed by atoms with E-state index in [0.29, 0.717) is 25.3 Å². The molecule has 80 valence electrons. The molecule has 0 radical (unpaired) electrons. The van der Waals surface area contributed by atoms with Crippen LogP contribution in [0.4, 0.5) is 0 Å². The van der Waals surface area contributed by atoms with Gasteiger partial charge in [0.25, 0.3) is 0 Å². The molecule has 1 N–H and O–H groups in total. The minimum atomic E-state index is -0.249. The van der Waals surface area contributed by atoms with Crippen LogP contribution >= 0.6 is 0 Å². The molecule has 1 rings (SSSR count). The summed E-state index contributed by atoms with van der Waals surface area (Å²) in [5.74, 6) is 0.489. The normalized spacial score (nSPS) is 21.9. The Morgan fingerprint density at radius 3 is 2.71 bits per heavy atom. The number of hydrogen-bond donors (Lipinski definition) is 1. The lowest BCUT2D eigenvalue weighted by molar-refractivity contribution is -0.133. The van der Waals surface area contributed by atoms with E-state index in [1.165, 1.54) is 4.90 Å². The van der Waals surface area contributed by atoms with Crippen molar-refractivity contribution in [3.8, 4) is 0 Å². The molecule has 1 atom stereocenters. The number of hydrogen-bond acceptors (Lipinski definition) is 2. The number of nitrogens with zero attached hydrogens (tertiary/aromatic N) is 1. The zero-order valence-electron chi connectivity index (χ0n) is 9.04. The largest absolute Gasteiger partial charge is 0.354 e. The van der Waals surface area contributed by atoms with E-state index in [-0.39, 0.29) is 17.9 Å². The molecule has 1 fully saturated rings. The third-order valence-electron chi connectivity index (χ3n) is 2.48. The molecule has 0 saturated carbocycles. The van der Waals surface area contributed by atoms with Gasteiger partial charge in [0.15, 0.2) is 0 Å². The summed E-state index contributed by atoms with van der Waals surface area (Å²) in [5, 5.41) is 2.84. The Bertz CT molecular complexity index is 238. The number of amides is 2. The van der Waals surface area contributed by atoms with Gasteiger partial charge in [-0.3, -0.25) is 9.59 Å². The zero-order valence-corrected chi connectivity index (χ0v) is 9.04. The van der Waals surface area contributed by atoms with Gasteiger partial charge in [0, 0.05) is 20.0 Å². The molecule has 4 heteroatoms. The molecule has 1 aliphatic rings. The summed E-state index contributed by atoms with van der Waals surface area (Å²) in [6.07, 6.45) is 1.15. The van der Waals surface area contributed by atoms with Crippen LogP contribution in [0.15, 0.2) is 0 Å².